The fourth-order valence-corrected chi connectivity index (χ4v) is 4.89. The molecular formula is C23H30ClNO4S. The zero-order chi connectivity index (χ0) is 22.5. The number of hydrogen-bond donors (Lipinski definition) is 0. The van der Waals surface area contributed by atoms with E-state index in [4.69, 9.17) is 15.8 Å². The molecule has 0 heterocycles. The molecule has 0 N–H and O–H groups in total. The van der Waals surface area contributed by atoms with Crippen LogP contribution in [0.15, 0.2) is 47.4 Å². The monoisotopic (exact) mass is 451 g/mol. The third-order valence-electron chi connectivity index (χ3n) is 4.90. The summed E-state index contributed by atoms with van der Waals surface area (Å²) < 4.78 is 30.9. The van der Waals surface area contributed by atoms with Crippen molar-refractivity contribution in [3.8, 4) is 5.75 Å². The van der Waals surface area contributed by atoms with Gasteiger partial charge in [-0.05, 0) is 55.5 Å². The van der Waals surface area contributed by atoms with Crippen molar-refractivity contribution in [2.24, 2.45) is 5.92 Å². The Kier molecular flexibility index (Phi) is 8.33. The standard InChI is InChI=1S/C23H30ClNO4S/c1-6-18(5)25(22(26)13-16(2)3)15-19-10-8-11-20(14-19)29-30(27,28)23-17(4)9-7-12-21(23)24/h7-12,14,16,18H,6,13,15H2,1-5H3. The number of carbonyl (C=O) groups excluding carboxylic acids is 1. The molecule has 7 heteroatoms. The largest absolute Gasteiger partial charge is 0.379 e. The number of halogens is 1. The fraction of sp³-hybridized carbons (Fsp3) is 0.435. The molecule has 1 atom stereocenters. The van der Waals surface area contributed by atoms with E-state index in [0.717, 1.165) is 12.0 Å². The molecule has 2 aromatic rings. The number of rotatable bonds is 9. The molecular weight excluding hydrogens is 422 g/mol. The zero-order valence-electron chi connectivity index (χ0n) is 18.2. The molecule has 2 rings (SSSR count). The summed E-state index contributed by atoms with van der Waals surface area (Å²) in [6, 6.07) is 11.8. The van der Waals surface area contributed by atoms with Gasteiger partial charge < -0.3 is 9.08 Å². The summed E-state index contributed by atoms with van der Waals surface area (Å²) in [5, 5.41) is 0.119. The fourth-order valence-electron chi connectivity index (χ4n) is 3.17. The van der Waals surface area contributed by atoms with Gasteiger partial charge >= 0.3 is 10.1 Å². The SMILES string of the molecule is CCC(C)N(Cc1cccc(OS(=O)(=O)c2c(C)cccc2Cl)c1)C(=O)CC(C)C. The van der Waals surface area contributed by atoms with Crippen LogP contribution in [0.25, 0.3) is 0 Å². The van der Waals surface area contributed by atoms with Gasteiger partial charge in [0.2, 0.25) is 5.91 Å². The first-order valence-corrected chi connectivity index (χ1v) is 11.9. The summed E-state index contributed by atoms with van der Waals surface area (Å²) in [5.41, 5.74) is 1.32. The Bertz CT molecular complexity index is 968. The number of nitrogens with zero attached hydrogens (tertiary/aromatic N) is 1. The number of benzene rings is 2. The van der Waals surface area contributed by atoms with Crippen LogP contribution < -0.4 is 4.18 Å². The minimum atomic E-state index is -4.09. The van der Waals surface area contributed by atoms with Gasteiger partial charge in [0.1, 0.15) is 10.6 Å². The van der Waals surface area contributed by atoms with Gasteiger partial charge in [-0.25, -0.2) is 0 Å². The zero-order valence-corrected chi connectivity index (χ0v) is 19.8. The van der Waals surface area contributed by atoms with Crippen molar-refractivity contribution >= 4 is 27.6 Å². The molecule has 0 fully saturated rings. The molecule has 0 aromatic heterocycles. The van der Waals surface area contributed by atoms with E-state index < -0.39 is 10.1 Å². The van der Waals surface area contributed by atoms with Gasteiger partial charge in [-0.15, -0.1) is 0 Å². The normalized spacial score (nSPS) is 12.6. The average molecular weight is 452 g/mol. The van der Waals surface area contributed by atoms with E-state index in [1.54, 1.807) is 37.3 Å². The first-order valence-electron chi connectivity index (χ1n) is 10.1. The molecule has 30 heavy (non-hydrogen) atoms. The molecule has 2 aromatic carbocycles. The van der Waals surface area contributed by atoms with Crippen LogP contribution in [-0.4, -0.2) is 25.3 Å². The highest BCUT2D eigenvalue weighted by Crippen LogP contribution is 2.28. The highest BCUT2D eigenvalue weighted by Gasteiger charge is 2.24. The van der Waals surface area contributed by atoms with E-state index >= 15 is 0 Å². The smallest absolute Gasteiger partial charge is 0.340 e. The first kappa shape index (κ1) is 24.2. The van der Waals surface area contributed by atoms with Crippen molar-refractivity contribution in [1.82, 2.24) is 4.90 Å². The highest BCUT2D eigenvalue weighted by atomic mass is 35.5. The van der Waals surface area contributed by atoms with E-state index in [0.29, 0.717) is 18.5 Å². The van der Waals surface area contributed by atoms with Crippen molar-refractivity contribution in [2.45, 2.75) is 64.9 Å². The van der Waals surface area contributed by atoms with Crippen molar-refractivity contribution < 1.29 is 17.4 Å². The minimum absolute atomic E-state index is 0.0367. The lowest BCUT2D eigenvalue weighted by molar-refractivity contribution is -0.134. The van der Waals surface area contributed by atoms with Gasteiger partial charge in [-0.2, -0.15) is 8.42 Å². The molecule has 1 amide bonds. The van der Waals surface area contributed by atoms with E-state index in [2.05, 4.69) is 0 Å². The van der Waals surface area contributed by atoms with Crippen LogP contribution in [0.2, 0.25) is 5.02 Å². The average Bonchev–Trinajstić information content (AvgIpc) is 2.64. The number of aryl methyl sites for hydroxylation is 1. The van der Waals surface area contributed by atoms with Crippen LogP contribution in [0.1, 0.15) is 51.7 Å². The summed E-state index contributed by atoms with van der Waals surface area (Å²) in [4.78, 5) is 14.5. The van der Waals surface area contributed by atoms with Crippen molar-refractivity contribution in [2.75, 3.05) is 0 Å². The topological polar surface area (TPSA) is 63.7 Å². The molecule has 0 saturated heterocycles. The van der Waals surface area contributed by atoms with Gasteiger partial charge in [0, 0.05) is 19.0 Å². The molecule has 0 radical (unpaired) electrons. The molecule has 0 aliphatic carbocycles. The third-order valence-corrected chi connectivity index (χ3v) is 6.78. The van der Waals surface area contributed by atoms with Crippen LogP contribution in [0.4, 0.5) is 0 Å². The highest BCUT2D eigenvalue weighted by molar-refractivity contribution is 7.87. The van der Waals surface area contributed by atoms with E-state index in [1.807, 2.05) is 38.7 Å². The second kappa shape index (κ2) is 10.3. The van der Waals surface area contributed by atoms with Gasteiger partial charge in [0.05, 0.1) is 5.02 Å². The summed E-state index contributed by atoms with van der Waals surface area (Å²) in [7, 11) is -4.09. The first-order chi connectivity index (χ1) is 14.0. The predicted octanol–water partition coefficient (Wildman–Crippen LogP) is 5.59. The maximum atomic E-state index is 12.8. The Hall–Kier alpha value is -2.05. The van der Waals surface area contributed by atoms with Crippen molar-refractivity contribution in [1.29, 1.82) is 0 Å². The Morgan fingerprint density at radius 3 is 2.40 bits per heavy atom. The Morgan fingerprint density at radius 1 is 1.13 bits per heavy atom. The maximum Gasteiger partial charge on any atom is 0.340 e. The van der Waals surface area contributed by atoms with Gasteiger partial charge in [0.25, 0.3) is 0 Å². The van der Waals surface area contributed by atoms with E-state index in [9.17, 15) is 13.2 Å². The van der Waals surface area contributed by atoms with Crippen LogP contribution in [0.5, 0.6) is 5.75 Å². The molecule has 164 valence electrons. The van der Waals surface area contributed by atoms with E-state index in [1.165, 1.54) is 6.07 Å². The van der Waals surface area contributed by atoms with Gasteiger partial charge in [-0.3, -0.25) is 4.79 Å². The Morgan fingerprint density at radius 2 is 1.80 bits per heavy atom. The molecule has 0 aliphatic heterocycles. The van der Waals surface area contributed by atoms with Gasteiger partial charge in [-0.1, -0.05) is 56.6 Å². The van der Waals surface area contributed by atoms with Crippen LogP contribution in [0, 0.1) is 12.8 Å². The lowest BCUT2D eigenvalue weighted by Gasteiger charge is -2.29. The Labute approximate surface area is 185 Å². The summed E-state index contributed by atoms with van der Waals surface area (Å²) >= 11 is 6.10. The number of hydrogen-bond acceptors (Lipinski definition) is 4. The summed E-state index contributed by atoms with van der Waals surface area (Å²) in [5.74, 6) is 0.542. The lowest BCUT2D eigenvalue weighted by Crippen LogP contribution is -2.38. The second-order valence-electron chi connectivity index (χ2n) is 7.95. The lowest BCUT2D eigenvalue weighted by atomic mass is 10.1. The minimum Gasteiger partial charge on any atom is -0.379 e. The predicted molar refractivity (Wildman–Crippen MR) is 120 cm³/mol. The Balaban J connectivity index is 2.27. The van der Waals surface area contributed by atoms with Crippen LogP contribution >= 0.6 is 11.6 Å². The molecule has 5 nitrogen and oxygen atoms in total. The summed E-state index contributed by atoms with van der Waals surface area (Å²) in [6.45, 7) is 10.2. The van der Waals surface area contributed by atoms with E-state index in [-0.39, 0.29) is 33.5 Å². The third kappa shape index (κ3) is 6.22. The molecule has 1 unspecified atom stereocenters. The van der Waals surface area contributed by atoms with Crippen molar-refractivity contribution in [3.63, 3.8) is 0 Å². The second-order valence-corrected chi connectivity index (χ2v) is 9.84. The van der Waals surface area contributed by atoms with Crippen LogP contribution in [-0.2, 0) is 21.5 Å². The number of amides is 1. The quantitative estimate of drug-likeness (QED) is 0.466. The van der Waals surface area contributed by atoms with Crippen molar-refractivity contribution in [3.05, 3.63) is 58.6 Å². The molecule has 0 spiro atoms. The molecule has 0 aliphatic rings. The maximum absolute atomic E-state index is 12.8. The molecule has 0 saturated carbocycles. The summed E-state index contributed by atoms with van der Waals surface area (Å²) in [6.07, 6.45) is 1.31. The van der Waals surface area contributed by atoms with Gasteiger partial charge in [0.15, 0.2) is 0 Å². The molecule has 0 bridgehead atoms. The number of carbonyl (C=O) groups is 1. The van der Waals surface area contributed by atoms with Crippen LogP contribution in [0.3, 0.4) is 0 Å².